The number of piperazine rings is 1. The van der Waals surface area contributed by atoms with Crippen molar-refractivity contribution >= 4 is 79.2 Å². The summed E-state index contributed by atoms with van der Waals surface area (Å²) in [6.07, 6.45) is 3.21. The highest BCUT2D eigenvalue weighted by Gasteiger charge is 2.29. The van der Waals surface area contributed by atoms with E-state index in [1.165, 1.54) is 21.3 Å². The van der Waals surface area contributed by atoms with Crippen LogP contribution in [0, 0.1) is 11.8 Å². The molecule has 3 N–H and O–H groups in total. The third-order valence-electron chi connectivity index (χ3n) is 13.3. The third kappa shape index (κ3) is 12.7. The summed E-state index contributed by atoms with van der Waals surface area (Å²) in [5, 5.41) is 13.1. The van der Waals surface area contributed by atoms with E-state index in [-0.39, 0.29) is 57.6 Å². The number of aryl methyl sites for hydroxylation is 2. The van der Waals surface area contributed by atoms with E-state index in [1.54, 1.807) is 78.6 Å². The highest BCUT2D eigenvalue weighted by molar-refractivity contribution is 7.92. The molecule has 0 radical (unpaired) electrons. The van der Waals surface area contributed by atoms with Gasteiger partial charge in [-0.25, -0.2) is 13.2 Å². The summed E-state index contributed by atoms with van der Waals surface area (Å²) in [4.78, 5) is 58.5. The van der Waals surface area contributed by atoms with Gasteiger partial charge in [0.05, 0.1) is 57.0 Å². The number of benzene rings is 4. The third-order valence-corrected chi connectivity index (χ3v) is 15.4. The molecule has 21 heteroatoms. The SMILES string of the molecule is CCCOc1cccc(Oc2cc3c(cc2NS(=O)(=O)c2cccc(C(=O)N4CCC(CN5CCN(CC(=O)NCCCC(=O)NC6=NN(c7ccc(Cl)c(Cl)c7)CC6C)CC5)CC4)c2)n(C)c(=O)n3C)c1. The quantitative estimate of drug-likeness (QED) is 0.0811. The molecule has 4 heterocycles. The Morgan fingerprint density at radius 1 is 0.819 bits per heavy atom. The number of likely N-dealkylation sites (tertiary alicyclic amines) is 1. The Hall–Kier alpha value is -6.12. The van der Waals surface area contributed by atoms with Crippen molar-refractivity contribution in [2.75, 3.05) is 81.8 Å². The monoisotopic (exact) mass is 1040 g/mol. The van der Waals surface area contributed by atoms with Gasteiger partial charge in [-0.1, -0.05) is 49.2 Å². The number of carbonyl (C=O) groups excluding carboxylic acids is 3. The predicted molar refractivity (Wildman–Crippen MR) is 280 cm³/mol. The highest BCUT2D eigenvalue weighted by atomic mass is 35.5. The minimum atomic E-state index is -4.25. The van der Waals surface area contributed by atoms with Crippen LogP contribution >= 0.6 is 23.2 Å². The molecule has 1 aromatic heterocycles. The lowest BCUT2D eigenvalue weighted by Crippen LogP contribution is -2.51. The molecule has 1 unspecified atom stereocenters. The number of imidazole rings is 1. The van der Waals surface area contributed by atoms with Gasteiger partial charge in [0.1, 0.15) is 17.3 Å². The van der Waals surface area contributed by atoms with E-state index >= 15 is 0 Å². The molecule has 2 fully saturated rings. The molecule has 2 saturated heterocycles. The molecule has 3 aliphatic rings. The van der Waals surface area contributed by atoms with Gasteiger partial charge in [0.25, 0.3) is 15.9 Å². The van der Waals surface area contributed by atoms with Crippen LogP contribution in [0.15, 0.2) is 93.7 Å². The molecule has 0 bridgehead atoms. The molecule has 1 atom stereocenters. The van der Waals surface area contributed by atoms with Gasteiger partial charge >= 0.3 is 5.69 Å². The zero-order valence-electron chi connectivity index (χ0n) is 41.0. The number of sulfonamides is 1. The fourth-order valence-electron chi connectivity index (χ4n) is 9.17. The molecule has 4 aromatic carbocycles. The van der Waals surface area contributed by atoms with Crippen LogP contribution in [-0.2, 0) is 33.7 Å². The Morgan fingerprint density at radius 3 is 2.26 bits per heavy atom. The number of hydrogen-bond donors (Lipinski definition) is 3. The van der Waals surface area contributed by atoms with Gasteiger partial charge in [0, 0.05) is 96.5 Å². The number of amidine groups is 1. The van der Waals surface area contributed by atoms with Crippen molar-refractivity contribution in [2.24, 2.45) is 31.0 Å². The van der Waals surface area contributed by atoms with Gasteiger partial charge in [-0.2, -0.15) is 5.10 Å². The highest BCUT2D eigenvalue weighted by Crippen LogP contribution is 2.36. The van der Waals surface area contributed by atoms with Gasteiger partial charge in [-0.15, -0.1) is 0 Å². The second-order valence-electron chi connectivity index (χ2n) is 18.7. The lowest BCUT2D eigenvalue weighted by atomic mass is 9.95. The first kappa shape index (κ1) is 52.2. The maximum Gasteiger partial charge on any atom is 0.328 e. The maximum absolute atomic E-state index is 14.1. The first-order valence-electron chi connectivity index (χ1n) is 24.4. The number of rotatable bonds is 18. The number of ether oxygens (including phenoxy) is 2. The number of hydrazone groups is 1. The second-order valence-corrected chi connectivity index (χ2v) is 21.2. The Bertz CT molecular complexity index is 3000. The van der Waals surface area contributed by atoms with Crippen LogP contribution in [0.3, 0.4) is 0 Å². The van der Waals surface area contributed by atoms with Gasteiger partial charge in [0.15, 0.2) is 5.75 Å². The lowest BCUT2D eigenvalue weighted by molar-refractivity contribution is -0.123. The van der Waals surface area contributed by atoms with Crippen molar-refractivity contribution in [3.8, 4) is 17.2 Å². The van der Waals surface area contributed by atoms with Crippen molar-refractivity contribution < 1.29 is 32.3 Å². The number of amides is 3. The molecular weight excluding hydrogens is 984 g/mol. The summed E-state index contributed by atoms with van der Waals surface area (Å²) >= 11 is 12.2. The fourth-order valence-corrected chi connectivity index (χ4v) is 10.6. The summed E-state index contributed by atoms with van der Waals surface area (Å²) in [5.74, 6) is 1.73. The number of nitrogens with zero attached hydrogens (tertiary/aromatic N) is 7. The van der Waals surface area contributed by atoms with E-state index < -0.39 is 10.0 Å². The molecule has 384 valence electrons. The Kier molecular flexibility index (Phi) is 16.8. The first-order valence-corrected chi connectivity index (χ1v) is 26.6. The number of carbonyl (C=O) groups is 3. The molecule has 0 saturated carbocycles. The van der Waals surface area contributed by atoms with Crippen molar-refractivity contribution in [3.05, 3.63) is 105 Å². The predicted octanol–water partition coefficient (Wildman–Crippen LogP) is 6.52. The maximum atomic E-state index is 14.1. The largest absolute Gasteiger partial charge is 0.493 e. The van der Waals surface area contributed by atoms with Crippen LogP contribution < -0.4 is 35.5 Å². The van der Waals surface area contributed by atoms with E-state index in [9.17, 15) is 27.6 Å². The Balaban J connectivity index is 0.769. The Labute approximate surface area is 429 Å². The summed E-state index contributed by atoms with van der Waals surface area (Å²) < 4.78 is 45.7. The molecule has 3 aliphatic heterocycles. The normalized spacial score (nSPS) is 17.0. The molecule has 72 heavy (non-hydrogen) atoms. The second kappa shape index (κ2) is 23.2. The van der Waals surface area contributed by atoms with Gasteiger partial charge in [-0.3, -0.25) is 38.1 Å². The van der Waals surface area contributed by atoms with Gasteiger partial charge < -0.3 is 29.9 Å². The zero-order chi connectivity index (χ0) is 51.1. The number of halogens is 2. The number of aromatic nitrogens is 2. The number of anilines is 2. The summed E-state index contributed by atoms with van der Waals surface area (Å²) in [6, 6.07) is 21.5. The molecule has 18 nitrogen and oxygen atoms in total. The molecule has 3 amide bonds. The Morgan fingerprint density at radius 2 is 1.53 bits per heavy atom. The first-order chi connectivity index (χ1) is 34.5. The van der Waals surface area contributed by atoms with E-state index in [1.807, 2.05) is 26.0 Å². The van der Waals surface area contributed by atoms with Gasteiger partial charge in [-0.05, 0) is 86.2 Å². The van der Waals surface area contributed by atoms with E-state index in [2.05, 4.69) is 30.3 Å². The minimum Gasteiger partial charge on any atom is -0.493 e. The van der Waals surface area contributed by atoms with E-state index in [4.69, 9.17) is 32.7 Å². The van der Waals surface area contributed by atoms with Crippen LogP contribution in [0.4, 0.5) is 11.4 Å². The molecule has 0 aliphatic carbocycles. The zero-order valence-corrected chi connectivity index (χ0v) is 43.4. The fraction of sp³-hybridized carbons (Fsp3) is 0.431. The molecular formula is C51H62Cl2N10O8S. The molecule has 5 aromatic rings. The average Bonchev–Trinajstić information content (AvgIpc) is 3.83. The summed E-state index contributed by atoms with van der Waals surface area (Å²) in [6.45, 7) is 11.0. The lowest BCUT2D eigenvalue weighted by Gasteiger charge is -2.38. The summed E-state index contributed by atoms with van der Waals surface area (Å²) in [5.41, 5.74) is 1.93. The number of hydrogen-bond acceptors (Lipinski definition) is 12. The van der Waals surface area contributed by atoms with Crippen LogP contribution in [0.1, 0.15) is 56.3 Å². The number of fused-ring (bicyclic) bond motifs is 1. The number of nitrogens with one attached hydrogen (secondary N) is 3. The topological polar surface area (TPSA) is 192 Å². The summed E-state index contributed by atoms with van der Waals surface area (Å²) in [7, 11) is -1.00. The van der Waals surface area contributed by atoms with Gasteiger partial charge in [0.2, 0.25) is 11.8 Å². The van der Waals surface area contributed by atoms with Crippen molar-refractivity contribution in [1.29, 1.82) is 0 Å². The number of piperidine rings is 1. The minimum absolute atomic E-state index is 0.0215. The smallest absolute Gasteiger partial charge is 0.328 e. The van der Waals surface area contributed by atoms with Crippen LogP contribution in [0.2, 0.25) is 10.0 Å². The van der Waals surface area contributed by atoms with E-state index in [0.717, 1.165) is 57.7 Å². The molecule has 8 rings (SSSR count). The molecule has 0 spiro atoms. The van der Waals surface area contributed by atoms with Crippen molar-refractivity contribution in [1.82, 2.24) is 34.5 Å². The van der Waals surface area contributed by atoms with Crippen molar-refractivity contribution in [3.63, 3.8) is 0 Å². The standard InChI is InChI=1S/C51H62Cl2N10O8S/c1-5-25-70-38-10-7-11-39(28-38)71-46-30-45-44(58(3)51(67)59(45)4)29-43(46)57-72(68,69)40-12-6-9-36(26-40)50(66)62-19-16-35(17-20-62)32-60-21-23-61(24-22-60)33-48(65)54-18-8-13-47(64)55-49-34(2)31-63(56-49)37-14-15-41(52)42(53)27-37/h6-7,9-12,14-15,26-30,34-35,57H,5,8,13,16-25,31-33H2,1-4H3,(H,54,65)(H,55,56,64). The van der Waals surface area contributed by atoms with E-state index in [0.29, 0.717) is 90.1 Å². The van der Waals surface area contributed by atoms with Crippen LogP contribution in [-0.4, -0.2) is 128 Å². The average molecular weight is 1050 g/mol. The van der Waals surface area contributed by atoms with Crippen molar-refractivity contribution in [2.45, 2.75) is 50.8 Å². The van der Waals surface area contributed by atoms with Crippen LogP contribution in [0.25, 0.3) is 11.0 Å². The van der Waals surface area contributed by atoms with Crippen LogP contribution in [0.5, 0.6) is 17.2 Å².